The van der Waals surface area contributed by atoms with Crippen LogP contribution in [0.3, 0.4) is 0 Å². The molecule has 0 saturated carbocycles. The van der Waals surface area contributed by atoms with Crippen molar-refractivity contribution in [2.75, 3.05) is 13.1 Å². The fraction of sp³-hybridized carbons (Fsp3) is 0.500. The van der Waals surface area contributed by atoms with E-state index in [0.717, 1.165) is 12.0 Å². The van der Waals surface area contributed by atoms with Crippen molar-refractivity contribution >= 4 is 5.91 Å². The number of nitrogens with two attached hydrogens (primary N) is 1. The van der Waals surface area contributed by atoms with E-state index in [-0.39, 0.29) is 6.42 Å². The van der Waals surface area contributed by atoms with Crippen molar-refractivity contribution in [1.82, 2.24) is 9.88 Å². The summed E-state index contributed by atoms with van der Waals surface area (Å²) in [4.78, 5) is 16.9. The van der Waals surface area contributed by atoms with Crippen LogP contribution in [0, 0.1) is 0 Å². The second kappa shape index (κ2) is 5.23. The minimum Gasteiger partial charge on any atom is -0.368 e. The molecule has 2 rings (SSSR count). The Morgan fingerprint density at radius 2 is 2.24 bits per heavy atom. The molecule has 1 aromatic rings. The summed E-state index contributed by atoms with van der Waals surface area (Å²) in [6.45, 7) is 0.955. The third-order valence-electron chi connectivity index (χ3n) is 3.12. The molecular weight excluding hydrogens is 221 g/mol. The van der Waals surface area contributed by atoms with Gasteiger partial charge in [0.25, 0.3) is 0 Å². The van der Waals surface area contributed by atoms with Crippen LogP contribution in [0.5, 0.6) is 0 Å². The van der Waals surface area contributed by atoms with Gasteiger partial charge in [-0.3, -0.25) is 14.7 Å². The van der Waals surface area contributed by atoms with Crippen LogP contribution in [0.4, 0.5) is 4.39 Å². The Kier molecular flexibility index (Phi) is 3.68. The van der Waals surface area contributed by atoms with Gasteiger partial charge in [0, 0.05) is 31.9 Å². The Morgan fingerprint density at radius 3 is 2.88 bits per heavy atom. The molecule has 0 bridgehead atoms. The maximum Gasteiger partial charge on any atom is 0.234 e. The fourth-order valence-electron chi connectivity index (χ4n) is 2.21. The number of alkyl halides is 1. The van der Waals surface area contributed by atoms with Crippen molar-refractivity contribution in [1.29, 1.82) is 0 Å². The van der Waals surface area contributed by atoms with E-state index >= 15 is 0 Å². The number of hydrogen-bond acceptors (Lipinski definition) is 3. The topological polar surface area (TPSA) is 59.2 Å². The second-order valence-corrected chi connectivity index (χ2v) is 4.35. The molecule has 0 spiro atoms. The molecule has 5 heteroatoms. The van der Waals surface area contributed by atoms with Crippen molar-refractivity contribution in [3.05, 3.63) is 30.1 Å². The minimum absolute atomic E-state index is 0.228. The van der Waals surface area contributed by atoms with Gasteiger partial charge in [0.15, 0.2) is 0 Å². The number of amides is 1. The lowest BCUT2D eigenvalue weighted by Gasteiger charge is -2.21. The summed E-state index contributed by atoms with van der Waals surface area (Å²) in [6, 6.07) is 3.39. The lowest BCUT2D eigenvalue weighted by molar-refractivity contribution is -0.122. The lowest BCUT2D eigenvalue weighted by Crippen LogP contribution is -2.41. The van der Waals surface area contributed by atoms with E-state index in [1.165, 1.54) is 0 Å². The number of nitrogens with zero attached hydrogens (tertiary/aromatic N) is 2. The van der Waals surface area contributed by atoms with Gasteiger partial charge in [0.05, 0.1) is 6.04 Å². The van der Waals surface area contributed by atoms with Crippen LogP contribution >= 0.6 is 0 Å². The van der Waals surface area contributed by atoms with Gasteiger partial charge >= 0.3 is 0 Å². The number of aromatic nitrogens is 1. The molecule has 0 unspecified atom stereocenters. The van der Waals surface area contributed by atoms with Crippen LogP contribution in [-0.2, 0) is 11.2 Å². The average Bonchev–Trinajstić information content (AvgIpc) is 2.69. The molecule has 0 aliphatic carbocycles. The molecule has 1 fully saturated rings. The minimum atomic E-state index is -0.940. The zero-order chi connectivity index (χ0) is 12.3. The van der Waals surface area contributed by atoms with E-state index in [1.807, 2.05) is 17.0 Å². The van der Waals surface area contributed by atoms with Crippen molar-refractivity contribution in [2.45, 2.75) is 25.1 Å². The summed E-state index contributed by atoms with van der Waals surface area (Å²) in [5.74, 6) is -0.431. The number of primary amides is 1. The number of carbonyl (C=O) groups is 1. The number of rotatable bonds is 4. The highest BCUT2D eigenvalue weighted by molar-refractivity contribution is 5.80. The maximum atomic E-state index is 13.3. The predicted octanol–water partition coefficient (Wildman–Crippen LogP) is 0.522. The molecule has 2 N–H and O–H groups in total. The summed E-state index contributed by atoms with van der Waals surface area (Å²) in [6.07, 6.45) is 3.51. The molecule has 0 aromatic carbocycles. The first-order valence-electron chi connectivity index (χ1n) is 5.73. The summed E-state index contributed by atoms with van der Waals surface area (Å²) in [7, 11) is 0. The van der Waals surface area contributed by atoms with E-state index < -0.39 is 18.1 Å². The third-order valence-corrected chi connectivity index (χ3v) is 3.12. The Labute approximate surface area is 99.6 Å². The normalized spacial score (nSPS) is 25.0. The molecule has 1 aromatic heterocycles. The van der Waals surface area contributed by atoms with Gasteiger partial charge in [-0.2, -0.15) is 0 Å². The van der Waals surface area contributed by atoms with Crippen LogP contribution in [0.2, 0.25) is 0 Å². The van der Waals surface area contributed by atoms with Gasteiger partial charge in [-0.05, 0) is 24.1 Å². The van der Waals surface area contributed by atoms with E-state index in [9.17, 15) is 9.18 Å². The molecule has 92 valence electrons. The van der Waals surface area contributed by atoms with Crippen LogP contribution in [0.1, 0.15) is 12.0 Å². The first-order valence-corrected chi connectivity index (χ1v) is 5.73. The molecular formula is C12H16FN3O. The summed E-state index contributed by atoms with van der Waals surface area (Å²) >= 11 is 0. The highest BCUT2D eigenvalue weighted by Crippen LogP contribution is 2.20. The maximum absolute atomic E-state index is 13.3. The van der Waals surface area contributed by atoms with Gasteiger partial charge in [-0.15, -0.1) is 0 Å². The summed E-state index contributed by atoms with van der Waals surface area (Å²) in [5.41, 5.74) is 6.39. The van der Waals surface area contributed by atoms with E-state index in [1.54, 1.807) is 12.4 Å². The molecule has 0 radical (unpaired) electrons. The largest absolute Gasteiger partial charge is 0.368 e. The summed E-state index contributed by atoms with van der Waals surface area (Å²) in [5, 5.41) is 0. The first-order chi connectivity index (χ1) is 8.16. The Balaban J connectivity index is 1.92. The van der Waals surface area contributed by atoms with Crippen molar-refractivity contribution < 1.29 is 9.18 Å². The van der Waals surface area contributed by atoms with Crippen LogP contribution in [0.25, 0.3) is 0 Å². The molecule has 1 amide bonds. The molecule has 17 heavy (non-hydrogen) atoms. The number of hydrogen-bond donors (Lipinski definition) is 1. The zero-order valence-corrected chi connectivity index (χ0v) is 9.55. The fourth-order valence-corrected chi connectivity index (χ4v) is 2.21. The highest BCUT2D eigenvalue weighted by atomic mass is 19.1. The van der Waals surface area contributed by atoms with Crippen molar-refractivity contribution in [2.24, 2.45) is 5.73 Å². The van der Waals surface area contributed by atoms with Crippen LogP contribution < -0.4 is 5.73 Å². The second-order valence-electron chi connectivity index (χ2n) is 4.35. The quantitative estimate of drug-likeness (QED) is 0.830. The van der Waals surface area contributed by atoms with Gasteiger partial charge in [-0.1, -0.05) is 0 Å². The van der Waals surface area contributed by atoms with E-state index in [4.69, 9.17) is 5.73 Å². The molecule has 1 aliphatic heterocycles. The smallest absolute Gasteiger partial charge is 0.234 e. The number of halogens is 1. The predicted molar refractivity (Wildman–Crippen MR) is 62.0 cm³/mol. The highest BCUT2D eigenvalue weighted by Gasteiger charge is 2.35. The molecule has 1 saturated heterocycles. The Hall–Kier alpha value is -1.49. The molecule has 2 atom stereocenters. The molecule has 2 heterocycles. The van der Waals surface area contributed by atoms with Gasteiger partial charge in [0.2, 0.25) is 5.91 Å². The van der Waals surface area contributed by atoms with E-state index in [2.05, 4.69) is 4.98 Å². The monoisotopic (exact) mass is 237 g/mol. The Morgan fingerprint density at radius 1 is 1.53 bits per heavy atom. The van der Waals surface area contributed by atoms with Crippen LogP contribution in [0.15, 0.2) is 24.5 Å². The SMILES string of the molecule is NC(=O)[C@@H]1C[C@@H](F)CN1CCc1ccncc1. The standard InChI is InChI=1S/C12H16FN3O/c13-10-7-11(12(14)17)16(8-10)6-3-9-1-4-15-5-2-9/h1-2,4-5,10-11H,3,6-8H2,(H2,14,17)/t10-,11+/m1/s1. The first kappa shape index (κ1) is 12.0. The van der Waals surface area contributed by atoms with Gasteiger partial charge < -0.3 is 5.73 Å². The zero-order valence-electron chi connectivity index (χ0n) is 9.55. The average molecular weight is 237 g/mol. The summed E-state index contributed by atoms with van der Waals surface area (Å²) < 4.78 is 13.3. The van der Waals surface area contributed by atoms with Crippen molar-refractivity contribution in [3.8, 4) is 0 Å². The number of pyridine rings is 1. The number of likely N-dealkylation sites (tertiary alicyclic amines) is 1. The van der Waals surface area contributed by atoms with Crippen molar-refractivity contribution in [3.63, 3.8) is 0 Å². The molecule has 4 nitrogen and oxygen atoms in total. The number of carbonyl (C=O) groups excluding carboxylic acids is 1. The third kappa shape index (κ3) is 3.00. The molecule has 1 aliphatic rings. The van der Waals surface area contributed by atoms with Gasteiger partial charge in [-0.25, -0.2) is 4.39 Å². The van der Waals surface area contributed by atoms with Crippen LogP contribution in [-0.4, -0.2) is 41.1 Å². The van der Waals surface area contributed by atoms with Gasteiger partial charge in [0.1, 0.15) is 6.17 Å². The lowest BCUT2D eigenvalue weighted by atomic mass is 10.1. The van der Waals surface area contributed by atoms with E-state index in [0.29, 0.717) is 13.1 Å². The Bertz CT molecular complexity index is 385.